The molecule has 3 rings (SSSR count). The first kappa shape index (κ1) is 18.8. The Hall–Kier alpha value is -2.01. The molecule has 1 aromatic heterocycles. The van der Waals surface area contributed by atoms with Crippen LogP contribution in [-0.2, 0) is 0 Å². The van der Waals surface area contributed by atoms with E-state index in [0.29, 0.717) is 44.1 Å². The zero-order valence-electron chi connectivity index (χ0n) is 14.2. The highest BCUT2D eigenvalue weighted by atomic mass is 35.5. The minimum atomic E-state index is -0.134. The van der Waals surface area contributed by atoms with Gasteiger partial charge >= 0.3 is 0 Å². The smallest absolute Gasteiger partial charge is 0.255 e. The van der Waals surface area contributed by atoms with E-state index in [1.54, 1.807) is 36.2 Å². The van der Waals surface area contributed by atoms with Gasteiger partial charge in [-0.15, -0.1) is 0 Å². The van der Waals surface area contributed by atoms with Crippen LogP contribution in [0.25, 0.3) is 10.8 Å². The minimum Gasteiger partial charge on any atom is -0.342 e. The second-order valence-electron chi connectivity index (χ2n) is 5.73. The van der Waals surface area contributed by atoms with Crippen LogP contribution in [0.1, 0.15) is 17.3 Å². The number of fused-ring (bicyclic) bond motifs is 1. The summed E-state index contributed by atoms with van der Waals surface area (Å²) < 4.78 is 0. The maximum Gasteiger partial charge on any atom is 0.255 e. The highest BCUT2D eigenvalue weighted by Gasteiger charge is 2.19. The highest BCUT2D eigenvalue weighted by Crippen LogP contribution is 2.36. The molecule has 0 saturated heterocycles. The summed E-state index contributed by atoms with van der Waals surface area (Å²) in [6.07, 6.45) is 1.53. The van der Waals surface area contributed by atoms with Gasteiger partial charge in [0.25, 0.3) is 5.91 Å². The molecule has 0 aliphatic carbocycles. The van der Waals surface area contributed by atoms with Crippen molar-refractivity contribution >= 4 is 63.0 Å². The first-order valence-corrected chi connectivity index (χ1v) is 9.11. The van der Waals surface area contributed by atoms with Crippen molar-refractivity contribution in [2.75, 3.05) is 18.9 Å². The summed E-state index contributed by atoms with van der Waals surface area (Å²) in [6.45, 7) is 2.50. The van der Waals surface area contributed by atoms with E-state index in [1.807, 2.05) is 19.1 Å². The van der Waals surface area contributed by atoms with Crippen molar-refractivity contribution in [3.63, 3.8) is 0 Å². The molecule has 7 heteroatoms. The molecule has 0 bridgehead atoms. The van der Waals surface area contributed by atoms with Crippen LogP contribution in [0, 0.1) is 0 Å². The van der Waals surface area contributed by atoms with Crippen molar-refractivity contribution in [1.29, 1.82) is 0 Å². The molecule has 0 atom stereocenters. The number of nitrogens with zero attached hydrogens (tertiary/aromatic N) is 2. The van der Waals surface area contributed by atoms with E-state index < -0.39 is 0 Å². The quantitative estimate of drug-likeness (QED) is 0.573. The van der Waals surface area contributed by atoms with E-state index in [0.717, 1.165) is 5.39 Å². The lowest BCUT2D eigenvalue weighted by atomic mass is 10.1. The fourth-order valence-corrected chi connectivity index (χ4v) is 3.22. The minimum absolute atomic E-state index is 0.134. The Kier molecular flexibility index (Phi) is 5.56. The molecular formula is C19H16Cl3N3O. The second kappa shape index (κ2) is 7.70. The third-order valence-corrected chi connectivity index (χ3v) is 5.25. The predicted molar refractivity (Wildman–Crippen MR) is 109 cm³/mol. The fourth-order valence-electron chi connectivity index (χ4n) is 2.60. The highest BCUT2D eigenvalue weighted by molar-refractivity contribution is 6.43. The first-order chi connectivity index (χ1) is 12.4. The largest absolute Gasteiger partial charge is 0.342 e. The lowest BCUT2D eigenvalue weighted by Crippen LogP contribution is -2.26. The molecule has 0 aliphatic heterocycles. The Bertz CT molecular complexity index is 991. The summed E-state index contributed by atoms with van der Waals surface area (Å²) in [4.78, 5) is 18.7. The summed E-state index contributed by atoms with van der Waals surface area (Å²) in [5.74, 6) is 0.410. The summed E-state index contributed by atoms with van der Waals surface area (Å²) in [5, 5.41) is 5.88. The van der Waals surface area contributed by atoms with E-state index in [9.17, 15) is 4.79 Å². The van der Waals surface area contributed by atoms with Crippen LogP contribution in [0.3, 0.4) is 0 Å². The van der Waals surface area contributed by atoms with Crippen molar-refractivity contribution in [3.05, 3.63) is 63.2 Å². The molecule has 4 nitrogen and oxygen atoms in total. The van der Waals surface area contributed by atoms with Crippen LogP contribution in [0.5, 0.6) is 0 Å². The number of anilines is 2. The Morgan fingerprint density at radius 2 is 1.81 bits per heavy atom. The van der Waals surface area contributed by atoms with Gasteiger partial charge < -0.3 is 10.2 Å². The molecule has 0 spiro atoms. The summed E-state index contributed by atoms with van der Waals surface area (Å²) >= 11 is 18.7. The first-order valence-electron chi connectivity index (χ1n) is 7.97. The maximum absolute atomic E-state index is 12.7. The molecular weight excluding hydrogens is 393 g/mol. The number of benzene rings is 2. The van der Waals surface area contributed by atoms with Gasteiger partial charge in [-0.05, 0) is 25.1 Å². The lowest BCUT2D eigenvalue weighted by Gasteiger charge is -2.18. The van der Waals surface area contributed by atoms with Crippen LogP contribution in [0.2, 0.25) is 15.1 Å². The molecule has 0 aliphatic rings. The number of carbonyl (C=O) groups excluding carboxylic acids is 1. The molecule has 0 fully saturated rings. The molecule has 0 radical (unpaired) electrons. The van der Waals surface area contributed by atoms with E-state index in [1.165, 1.54) is 6.20 Å². The Labute approximate surface area is 166 Å². The number of pyridine rings is 1. The van der Waals surface area contributed by atoms with Crippen LogP contribution in [0.15, 0.2) is 42.6 Å². The standard InChI is InChI=1S/C19H16Cl3N3O/c1-3-25(2)19(26)12-10-23-18(11-6-4-7-13(20)16(11)12)24-15-9-5-8-14(21)17(15)22/h4-10H,3H2,1-2H3,(H,23,24). The van der Waals surface area contributed by atoms with Gasteiger partial charge in [-0.2, -0.15) is 0 Å². The summed E-state index contributed by atoms with van der Waals surface area (Å²) in [7, 11) is 1.74. The number of aromatic nitrogens is 1. The molecule has 0 unspecified atom stereocenters. The average molecular weight is 409 g/mol. The van der Waals surface area contributed by atoms with E-state index in [2.05, 4.69) is 10.3 Å². The Morgan fingerprint density at radius 1 is 1.12 bits per heavy atom. The van der Waals surface area contributed by atoms with Crippen LogP contribution in [0.4, 0.5) is 11.5 Å². The van der Waals surface area contributed by atoms with E-state index in [4.69, 9.17) is 34.8 Å². The van der Waals surface area contributed by atoms with Crippen molar-refractivity contribution in [2.45, 2.75) is 6.92 Å². The van der Waals surface area contributed by atoms with Crippen molar-refractivity contribution in [3.8, 4) is 0 Å². The topological polar surface area (TPSA) is 45.2 Å². The van der Waals surface area contributed by atoms with Crippen LogP contribution in [-0.4, -0.2) is 29.4 Å². The molecule has 1 heterocycles. The van der Waals surface area contributed by atoms with Gasteiger partial charge in [-0.1, -0.05) is 53.0 Å². The number of rotatable bonds is 4. The number of nitrogens with one attached hydrogen (secondary N) is 1. The monoisotopic (exact) mass is 407 g/mol. The number of amides is 1. The third kappa shape index (κ3) is 3.45. The molecule has 2 aromatic carbocycles. The van der Waals surface area contributed by atoms with E-state index >= 15 is 0 Å². The molecule has 3 aromatic rings. The van der Waals surface area contributed by atoms with Gasteiger partial charge in [0.2, 0.25) is 0 Å². The summed E-state index contributed by atoms with van der Waals surface area (Å²) in [6, 6.07) is 10.7. The van der Waals surface area contributed by atoms with Crippen molar-refractivity contribution < 1.29 is 4.79 Å². The fraction of sp³-hybridized carbons (Fsp3) is 0.158. The lowest BCUT2D eigenvalue weighted by molar-refractivity contribution is 0.0804. The molecule has 1 amide bonds. The van der Waals surface area contributed by atoms with Gasteiger partial charge in [-0.3, -0.25) is 4.79 Å². The third-order valence-electron chi connectivity index (χ3n) is 4.12. The second-order valence-corrected chi connectivity index (χ2v) is 6.92. The van der Waals surface area contributed by atoms with Gasteiger partial charge in [0.15, 0.2) is 0 Å². The molecule has 1 N–H and O–H groups in total. The van der Waals surface area contributed by atoms with Crippen LogP contribution < -0.4 is 5.32 Å². The van der Waals surface area contributed by atoms with Crippen molar-refractivity contribution in [1.82, 2.24) is 9.88 Å². The Balaban J connectivity index is 2.16. The maximum atomic E-state index is 12.7. The zero-order chi connectivity index (χ0) is 18.8. The summed E-state index contributed by atoms with van der Waals surface area (Å²) in [5.41, 5.74) is 1.08. The van der Waals surface area contributed by atoms with E-state index in [-0.39, 0.29) is 5.91 Å². The number of carbonyl (C=O) groups is 1. The molecule has 0 saturated carbocycles. The SMILES string of the molecule is CCN(C)C(=O)c1cnc(Nc2cccc(Cl)c2Cl)c2cccc(Cl)c12. The number of hydrogen-bond donors (Lipinski definition) is 1. The molecule has 26 heavy (non-hydrogen) atoms. The van der Waals surface area contributed by atoms with Gasteiger partial charge in [0.05, 0.1) is 21.3 Å². The predicted octanol–water partition coefficient (Wildman–Crippen LogP) is 6.03. The molecule has 134 valence electrons. The van der Waals surface area contributed by atoms with Gasteiger partial charge in [0, 0.05) is 35.6 Å². The van der Waals surface area contributed by atoms with Gasteiger partial charge in [-0.25, -0.2) is 4.98 Å². The zero-order valence-corrected chi connectivity index (χ0v) is 16.5. The van der Waals surface area contributed by atoms with Gasteiger partial charge in [0.1, 0.15) is 5.82 Å². The Morgan fingerprint density at radius 3 is 2.54 bits per heavy atom. The van der Waals surface area contributed by atoms with Crippen LogP contribution >= 0.6 is 34.8 Å². The average Bonchev–Trinajstić information content (AvgIpc) is 2.64. The number of hydrogen-bond acceptors (Lipinski definition) is 3. The number of halogens is 3. The van der Waals surface area contributed by atoms with Crippen molar-refractivity contribution in [2.24, 2.45) is 0 Å². The normalized spacial score (nSPS) is 10.8.